The van der Waals surface area contributed by atoms with Gasteiger partial charge >= 0.3 is 0 Å². The molecule has 7 heteroatoms. The predicted molar refractivity (Wildman–Crippen MR) is 86.8 cm³/mol. The fourth-order valence-corrected chi connectivity index (χ4v) is 2.99. The molecular formula is C16H24N6O. The lowest BCUT2D eigenvalue weighted by atomic mass is 10.2. The Labute approximate surface area is 136 Å². The van der Waals surface area contributed by atoms with E-state index in [1.54, 1.807) is 10.9 Å². The highest BCUT2D eigenvalue weighted by Gasteiger charge is 2.22. The second kappa shape index (κ2) is 6.54. The number of hydrogen-bond donors (Lipinski definition) is 0. The molecule has 23 heavy (non-hydrogen) atoms. The monoisotopic (exact) mass is 316 g/mol. The van der Waals surface area contributed by atoms with Crippen LogP contribution in [0.4, 0.5) is 0 Å². The Kier molecular flexibility index (Phi) is 4.47. The van der Waals surface area contributed by atoms with Crippen molar-refractivity contribution < 1.29 is 4.79 Å². The van der Waals surface area contributed by atoms with E-state index in [4.69, 9.17) is 0 Å². The van der Waals surface area contributed by atoms with E-state index in [2.05, 4.69) is 21.3 Å². The van der Waals surface area contributed by atoms with Crippen molar-refractivity contribution in [3.8, 4) is 0 Å². The van der Waals surface area contributed by atoms with E-state index in [1.165, 1.54) is 5.56 Å². The minimum atomic E-state index is 0.147. The van der Waals surface area contributed by atoms with Gasteiger partial charge in [-0.05, 0) is 19.9 Å². The molecule has 7 nitrogen and oxygen atoms in total. The van der Waals surface area contributed by atoms with Crippen LogP contribution in [0.25, 0.3) is 0 Å². The molecule has 0 bridgehead atoms. The predicted octanol–water partition coefficient (Wildman–Crippen LogP) is 0.578. The van der Waals surface area contributed by atoms with E-state index in [1.807, 2.05) is 36.5 Å². The van der Waals surface area contributed by atoms with Crippen LogP contribution < -0.4 is 0 Å². The summed E-state index contributed by atoms with van der Waals surface area (Å²) in [5.41, 5.74) is 3.36. The van der Waals surface area contributed by atoms with Gasteiger partial charge in [0, 0.05) is 63.4 Å². The number of aryl methyl sites for hydroxylation is 3. The zero-order valence-electron chi connectivity index (χ0n) is 14.1. The van der Waals surface area contributed by atoms with Crippen LogP contribution >= 0.6 is 0 Å². The van der Waals surface area contributed by atoms with Gasteiger partial charge in [0.05, 0.1) is 5.69 Å². The number of nitrogens with zero attached hydrogens (tertiary/aromatic N) is 6. The summed E-state index contributed by atoms with van der Waals surface area (Å²) in [6, 6.07) is 1.92. The van der Waals surface area contributed by atoms with Crippen molar-refractivity contribution in [1.29, 1.82) is 0 Å². The van der Waals surface area contributed by atoms with Crippen molar-refractivity contribution in [2.45, 2.75) is 26.9 Å². The highest BCUT2D eigenvalue weighted by Crippen LogP contribution is 2.12. The number of hydrogen-bond acceptors (Lipinski definition) is 4. The number of rotatable bonds is 4. The molecule has 0 radical (unpaired) electrons. The van der Waals surface area contributed by atoms with E-state index >= 15 is 0 Å². The van der Waals surface area contributed by atoms with Crippen LogP contribution in [0.5, 0.6) is 0 Å². The van der Waals surface area contributed by atoms with Crippen LogP contribution in [0, 0.1) is 13.8 Å². The first-order valence-electron chi connectivity index (χ1n) is 8.00. The summed E-state index contributed by atoms with van der Waals surface area (Å²) in [5, 5.41) is 8.57. The molecule has 0 unspecified atom stereocenters. The molecule has 0 spiro atoms. The van der Waals surface area contributed by atoms with Crippen LogP contribution in [0.3, 0.4) is 0 Å². The summed E-state index contributed by atoms with van der Waals surface area (Å²) in [5.74, 6) is 0.147. The molecule has 1 aliphatic heterocycles. The van der Waals surface area contributed by atoms with Crippen molar-refractivity contribution in [1.82, 2.24) is 29.4 Å². The van der Waals surface area contributed by atoms with Crippen molar-refractivity contribution in [3.05, 3.63) is 35.4 Å². The molecule has 3 rings (SSSR count). The van der Waals surface area contributed by atoms with Crippen LogP contribution in [0.15, 0.2) is 18.5 Å². The Morgan fingerprint density at radius 2 is 1.96 bits per heavy atom. The first kappa shape index (κ1) is 15.7. The van der Waals surface area contributed by atoms with Gasteiger partial charge < -0.3 is 4.90 Å². The van der Waals surface area contributed by atoms with Gasteiger partial charge in [0.2, 0.25) is 5.91 Å². The van der Waals surface area contributed by atoms with E-state index in [0.29, 0.717) is 6.54 Å². The molecule has 124 valence electrons. The van der Waals surface area contributed by atoms with Crippen molar-refractivity contribution >= 4 is 5.91 Å². The Morgan fingerprint density at radius 3 is 2.52 bits per heavy atom. The van der Waals surface area contributed by atoms with Gasteiger partial charge in [-0.3, -0.25) is 19.1 Å². The summed E-state index contributed by atoms with van der Waals surface area (Å²) >= 11 is 0. The first-order valence-corrected chi connectivity index (χ1v) is 8.00. The zero-order valence-corrected chi connectivity index (χ0v) is 14.1. The zero-order chi connectivity index (χ0) is 16.4. The maximum Gasteiger partial charge on any atom is 0.244 e. The first-order chi connectivity index (χ1) is 11.0. The molecule has 3 heterocycles. The Morgan fingerprint density at radius 1 is 1.22 bits per heavy atom. The number of aromatic nitrogens is 4. The highest BCUT2D eigenvalue weighted by molar-refractivity contribution is 5.76. The van der Waals surface area contributed by atoms with Gasteiger partial charge in [0.25, 0.3) is 0 Å². The normalized spacial score (nSPS) is 16.0. The number of piperazine rings is 1. The maximum atomic E-state index is 12.4. The summed E-state index contributed by atoms with van der Waals surface area (Å²) < 4.78 is 3.62. The third kappa shape index (κ3) is 3.61. The Bertz CT molecular complexity index is 681. The van der Waals surface area contributed by atoms with Gasteiger partial charge in [-0.2, -0.15) is 10.2 Å². The van der Waals surface area contributed by atoms with Crippen LogP contribution in [-0.2, 0) is 24.9 Å². The van der Waals surface area contributed by atoms with Gasteiger partial charge in [-0.1, -0.05) is 0 Å². The third-order valence-corrected chi connectivity index (χ3v) is 4.45. The standard InChI is InChI=1S/C16H24N6O/c1-13-4-5-17-22(13)12-16(23)21-8-6-20(7-9-21)11-15-10-19(3)18-14(15)2/h4-5,10H,6-9,11-12H2,1-3H3. The van der Waals surface area contributed by atoms with E-state index in [9.17, 15) is 4.79 Å². The second-order valence-electron chi connectivity index (χ2n) is 6.20. The fraction of sp³-hybridized carbons (Fsp3) is 0.562. The van der Waals surface area contributed by atoms with E-state index in [0.717, 1.165) is 44.1 Å². The molecule has 1 saturated heterocycles. The topological polar surface area (TPSA) is 59.2 Å². The SMILES string of the molecule is Cc1nn(C)cc1CN1CCN(C(=O)Cn2nccc2C)CC1. The molecular weight excluding hydrogens is 292 g/mol. The number of carbonyl (C=O) groups is 1. The molecule has 0 aromatic carbocycles. The molecule has 1 aliphatic rings. The second-order valence-corrected chi connectivity index (χ2v) is 6.20. The maximum absolute atomic E-state index is 12.4. The summed E-state index contributed by atoms with van der Waals surface area (Å²) in [7, 11) is 1.95. The van der Waals surface area contributed by atoms with Crippen LogP contribution in [0.1, 0.15) is 17.0 Å². The lowest BCUT2D eigenvalue weighted by Gasteiger charge is -2.34. The summed E-state index contributed by atoms with van der Waals surface area (Å²) in [6.07, 6.45) is 3.81. The number of amides is 1. The molecule has 2 aromatic heterocycles. The van der Waals surface area contributed by atoms with Gasteiger partial charge in [0.15, 0.2) is 0 Å². The minimum Gasteiger partial charge on any atom is -0.339 e. The summed E-state index contributed by atoms with van der Waals surface area (Å²) in [4.78, 5) is 16.7. The molecule has 0 aliphatic carbocycles. The summed E-state index contributed by atoms with van der Waals surface area (Å²) in [6.45, 7) is 8.60. The molecule has 0 saturated carbocycles. The van der Waals surface area contributed by atoms with E-state index < -0.39 is 0 Å². The van der Waals surface area contributed by atoms with Gasteiger partial charge in [-0.25, -0.2) is 0 Å². The highest BCUT2D eigenvalue weighted by atomic mass is 16.2. The Balaban J connectivity index is 1.51. The number of carbonyl (C=O) groups excluding carboxylic acids is 1. The van der Waals surface area contributed by atoms with Crippen LogP contribution in [0.2, 0.25) is 0 Å². The van der Waals surface area contributed by atoms with E-state index in [-0.39, 0.29) is 5.91 Å². The average Bonchev–Trinajstić information content (AvgIpc) is 3.05. The van der Waals surface area contributed by atoms with Gasteiger partial charge in [0.1, 0.15) is 6.54 Å². The van der Waals surface area contributed by atoms with Gasteiger partial charge in [-0.15, -0.1) is 0 Å². The smallest absolute Gasteiger partial charge is 0.244 e. The third-order valence-electron chi connectivity index (χ3n) is 4.45. The lowest BCUT2D eigenvalue weighted by Crippen LogP contribution is -2.49. The van der Waals surface area contributed by atoms with Crippen molar-refractivity contribution in [2.75, 3.05) is 26.2 Å². The lowest BCUT2D eigenvalue weighted by molar-refractivity contribution is -0.133. The molecule has 1 fully saturated rings. The van der Waals surface area contributed by atoms with Crippen molar-refractivity contribution in [2.24, 2.45) is 7.05 Å². The minimum absolute atomic E-state index is 0.147. The molecule has 0 N–H and O–H groups in total. The molecule has 1 amide bonds. The molecule has 2 aromatic rings. The quantitative estimate of drug-likeness (QED) is 0.828. The van der Waals surface area contributed by atoms with Crippen molar-refractivity contribution in [3.63, 3.8) is 0 Å². The molecule has 0 atom stereocenters. The van der Waals surface area contributed by atoms with Crippen LogP contribution in [-0.4, -0.2) is 61.4 Å². The average molecular weight is 316 g/mol. The Hall–Kier alpha value is -2.15. The fourth-order valence-electron chi connectivity index (χ4n) is 2.99. The largest absolute Gasteiger partial charge is 0.339 e.